The van der Waals surface area contributed by atoms with Crippen molar-refractivity contribution in [3.63, 3.8) is 0 Å². The van der Waals surface area contributed by atoms with Gasteiger partial charge in [-0.15, -0.1) is 0 Å². The van der Waals surface area contributed by atoms with Crippen molar-refractivity contribution < 1.29 is 14.2 Å². The van der Waals surface area contributed by atoms with Crippen LogP contribution in [0.15, 0.2) is 24.3 Å². The highest BCUT2D eigenvalue weighted by atomic mass is 35.5. The Labute approximate surface area is 101 Å². The predicted molar refractivity (Wildman–Crippen MR) is 62.6 cm³/mol. The second-order valence-electron chi connectivity index (χ2n) is 3.04. The summed E-state index contributed by atoms with van der Waals surface area (Å²) in [5, 5.41) is -1.22. The molecule has 0 fully saturated rings. The molecular weight excluding hydrogens is 228 g/mol. The molecule has 0 unspecified atom stereocenters. The highest BCUT2D eigenvalue weighted by Gasteiger charge is 2.29. The van der Waals surface area contributed by atoms with Crippen LogP contribution < -0.4 is 4.74 Å². The average Bonchev–Trinajstić information content (AvgIpc) is 2.29. The lowest BCUT2D eigenvalue weighted by Crippen LogP contribution is -2.36. The number of halogens is 1. The van der Waals surface area contributed by atoms with Crippen molar-refractivity contribution >= 4 is 11.6 Å². The van der Waals surface area contributed by atoms with Crippen LogP contribution in [0, 0.1) is 6.07 Å². The number of ether oxygens (including phenoxy) is 3. The summed E-state index contributed by atoms with van der Waals surface area (Å²) in [6, 6.07) is 10.2. The number of hydrogen-bond acceptors (Lipinski definition) is 3. The van der Waals surface area contributed by atoms with Crippen molar-refractivity contribution in [2.75, 3.05) is 19.8 Å². The third kappa shape index (κ3) is 4.39. The molecule has 0 aliphatic heterocycles. The molecule has 0 aromatic heterocycles. The van der Waals surface area contributed by atoms with Crippen LogP contribution in [-0.4, -0.2) is 25.1 Å². The van der Waals surface area contributed by atoms with Crippen LogP contribution in [0.5, 0.6) is 5.75 Å². The normalized spacial score (nSPS) is 11.4. The molecule has 0 amide bonds. The van der Waals surface area contributed by atoms with E-state index in [0.29, 0.717) is 19.0 Å². The lowest BCUT2D eigenvalue weighted by Gasteiger charge is -2.26. The third-order valence-electron chi connectivity index (χ3n) is 1.80. The molecule has 0 atom stereocenters. The molecule has 89 valence electrons. The first-order chi connectivity index (χ1) is 7.70. The topological polar surface area (TPSA) is 27.7 Å². The largest absolute Gasteiger partial charge is 0.486 e. The van der Waals surface area contributed by atoms with E-state index >= 15 is 0 Å². The maximum Gasteiger partial charge on any atom is 0.284 e. The van der Waals surface area contributed by atoms with Crippen molar-refractivity contribution in [2.24, 2.45) is 0 Å². The van der Waals surface area contributed by atoms with Gasteiger partial charge in [0.15, 0.2) is 6.61 Å². The fourth-order valence-corrected chi connectivity index (χ4v) is 1.46. The highest BCUT2D eigenvalue weighted by molar-refractivity contribution is 6.22. The van der Waals surface area contributed by atoms with E-state index in [0.717, 1.165) is 0 Å². The molecule has 0 spiro atoms. The fourth-order valence-electron chi connectivity index (χ4n) is 1.19. The van der Waals surface area contributed by atoms with Gasteiger partial charge in [-0.1, -0.05) is 29.8 Å². The molecular formula is C12H16ClO3. The molecule has 1 aromatic carbocycles. The van der Waals surface area contributed by atoms with E-state index in [4.69, 9.17) is 25.8 Å². The fraction of sp³-hybridized carbons (Fsp3) is 0.500. The molecule has 0 aliphatic rings. The van der Waals surface area contributed by atoms with Crippen molar-refractivity contribution in [1.82, 2.24) is 0 Å². The van der Waals surface area contributed by atoms with Gasteiger partial charge in [-0.25, -0.2) is 0 Å². The number of para-hydroxylation sites is 1. The second-order valence-corrected chi connectivity index (χ2v) is 3.62. The van der Waals surface area contributed by atoms with Crippen LogP contribution in [-0.2, 0) is 9.47 Å². The molecule has 1 aromatic rings. The Morgan fingerprint density at radius 3 is 2.44 bits per heavy atom. The van der Waals surface area contributed by atoms with E-state index in [2.05, 4.69) is 6.07 Å². The molecule has 0 bridgehead atoms. The van der Waals surface area contributed by atoms with Crippen molar-refractivity contribution in [3.8, 4) is 5.75 Å². The summed E-state index contributed by atoms with van der Waals surface area (Å²) in [6.45, 7) is 4.75. The molecule has 0 saturated carbocycles. The average molecular weight is 244 g/mol. The zero-order valence-electron chi connectivity index (χ0n) is 9.53. The summed E-state index contributed by atoms with van der Waals surface area (Å²) >= 11 is 6.11. The molecule has 16 heavy (non-hydrogen) atoms. The first-order valence-corrected chi connectivity index (χ1v) is 5.64. The van der Waals surface area contributed by atoms with E-state index in [1.807, 2.05) is 26.0 Å². The quantitative estimate of drug-likeness (QED) is 0.545. The molecule has 1 rings (SSSR count). The van der Waals surface area contributed by atoms with E-state index in [9.17, 15) is 0 Å². The zero-order chi connectivity index (χ0) is 11.9. The number of benzene rings is 1. The third-order valence-corrected chi connectivity index (χ3v) is 2.13. The lowest BCUT2D eigenvalue weighted by atomic mass is 10.3. The number of alkyl halides is 1. The minimum Gasteiger partial charge on any atom is -0.486 e. The van der Waals surface area contributed by atoms with Crippen molar-refractivity contribution in [1.29, 1.82) is 0 Å². The molecule has 3 nitrogen and oxygen atoms in total. The van der Waals surface area contributed by atoms with Gasteiger partial charge in [-0.3, -0.25) is 0 Å². The first-order valence-electron chi connectivity index (χ1n) is 5.26. The van der Waals surface area contributed by atoms with E-state index in [1.54, 1.807) is 12.1 Å². The van der Waals surface area contributed by atoms with E-state index in [1.165, 1.54) is 0 Å². The minimum atomic E-state index is -1.22. The molecule has 1 radical (unpaired) electrons. The second kappa shape index (κ2) is 6.74. The van der Waals surface area contributed by atoms with Crippen LogP contribution in [0.3, 0.4) is 0 Å². The highest BCUT2D eigenvalue weighted by Crippen LogP contribution is 2.21. The van der Waals surface area contributed by atoms with Gasteiger partial charge in [0.2, 0.25) is 0 Å². The summed E-state index contributed by atoms with van der Waals surface area (Å²) < 4.78 is 16.0. The predicted octanol–water partition coefficient (Wildman–Crippen LogP) is 2.83. The maximum absolute atomic E-state index is 6.11. The number of hydrogen-bond donors (Lipinski definition) is 0. The molecule has 0 aliphatic carbocycles. The van der Waals surface area contributed by atoms with Gasteiger partial charge in [0.1, 0.15) is 5.75 Å². The van der Waals surface area contributed by atoms with Gasteiger partial charge in [-0.05, 0) is 19.9 Å². The summed E-state index contributed by atoms with van der Waals surface area (Å²) in [7, 11) is 0. The Hall–Kier alpha value is -0.770. The number of rotatable bonds is 7. The Morgan fingerprint density at radius 1 is 1.25 bits per heavy atom. The summed E-state index contributed by atoms with van der Waals surface area (Å²) in [5.74, 6) is 0.618. The standard InChI is InChI=1S/C12H16ClO3/c1-3-15-12(13,16-4-2)10-14-11-8-6-5-7-9-11/h5-8H,3-4,10H2,1-2H3. The Bertz CT molecular complexity index is 284. The SMILES string of the molecule is CCOC(Cl)(COc1[c]cccc1)OCC. The van der Waals surface area contributed by atoms with Crippen LogP contribution in [0.25, 0.3) is 0 Å². The van der Waals surface area contributed by atoms with E-state index < -0.39 is 5.25 Å². The first kappa shape index (κ1) is 13.3. The van der Waals surface area contributed by atoms with Crippen molar-refractivity contribution in [2.45, 2.75) is 19.1 Å². The maximum atomic E-state index is 6.11. The molecule has 0 N–H and O–H groups in total. The summed E-state index contributed by atoms with van der Waals surface area (Å²) in [5.41, 5.74) is 0. The van der Waals surface area contributed by atoms with Gasteiger partial charge in [0.05, 0.1) is 0 Å². The van der Waals surface area contributed by atoms with Crippen LogP contribution in [0.2, 0.25) is 0 Å². The summed E-state index contributed by atoms with van der Waals surface area (Å²) in [6.07, 6.45) is 0. The van der Waals surface area contributed by atoms with E-state index in [-0.39, 0.29) is 6.61 Å². The zero-order valence-corrected chi connectivity index (χ0v) is 10.3. The molecule has 0 heterocycles. The lowest BCUT2D eigenvalue weighted by molar-refractivity contribution is -0.187. The van der Waals surface area contributed by atoms with Crippen LogP contribution >= 0.6 is 11.6 Å². The Morgan fingerprint density at radius 2 is 1.94 bits per heavy atom. The monoisotopic (exact) mass is 243 g/mol. The molecule has 4 heteroatoms. The van der Waals surface area contributed by atoms with Crippen molar-refractivity contribution in [3.05, 3.63) is 30.3 Å². The van der Waals surface area contributed by atoms with Crippen LogP contribution in [0.1, 0.15) is 13.8 Å². The van der Waals surface area contributed by atoms with Gasteiger partial charge in [0, 0.05) is 19.3 Å². The minimum absolute atomic E-state index is 0.122. The van der Waals surface area contributed by atoms with Gasteiger partial charge in [-0.2, -0.15) is 0 Å². The van der Waals surface area contributed by atoms with Gasteiger partial charge in [0.25, 0.3) is 5.25 Å². The smallest absolute Gasteiger partial charge is 0.284 e. The van der Waals surface area contributed by atoms with Gasteiger partial charge < -0.3 is 14.2 Å². The Balaban J connectivity index is 2.49. The van der Waals surface area contributed by atoms with Gasteiger partial charge >= 0.3 is 0 Å². The van der Waals surface area contributed by atoms with Crippen LogP contribution in [0.4, 0.5) is 0 Å². The summed E-state index contributed by atoms with van der Waals surface area (Å²) in [4.78, 5) is 0. The molecule has 0 saturated heterocycles. The Kier molecular flexibility index (Phi) is 5.60.